The maximum Gasteiger partial charge on any atom is 0.206 e. The fourth-order valence-corrected chi connectivity index (χ4v) is 3.81. The molecule has 1 saturated heterocycles. The van der Waals surface area contributed by atoms with Crippen LogP contribution in [-0.2, 0) is 0 Å². The van der Waals surface area contributed by atoms with Gasteiger partial charge in [0.25, 0.3) is 0 Å². The van der Waals surface area contributed by atoms with Crippen molar-refractivity contribution in [2.24, 2.45) is 0 Å². The third-order valence-corrected chi connectivity index (χ3v) is 5.28. The first-order valence-corrected chi connectivity index (χ1v) is 9.40. The van der Waals surface area contributed by atoms with E-state index >= 15 is 0 Å². The van der Waals surface area contributed by atoms with Crippen molar-refractivity contribution in [2.45, 2.75) is 18.9 Å². The Balaban J connectivity index is 1.42. The minimum absolute atomic E-state index is 0.372. The standard InChI is InChI=1S/C17H20N8S/c1-18-14-9-15(22-11-21-14)25-8-4-5-12(25)10-20-17-24-23-16(26-17)13-6-2-3-7-19-13/h2-3,6-7,9,11-12H,4-5,8,10H2,1H3,(H,20,24)(H,18,21,22). The minimum atomic E-state index is 0.372. The second-order valence-electron chi connectivity index (χ2n) is 6.01. The first-order chi connectivity index (χ1) is 12.8. The Morgan fingerprint density at radius 3 is 3.04 bits per heavy atom. The van der Waals surface area contributed by atoms with Gasteiger partial charge in [-0.1, -0.05) is 17.4 Å². The molecule has 0 spiro atoms. The summed E-state index contributed by atoms with van der Waals surface area (Å²) in [5.74, 6) is 1.79. The second-order valence-corrected chi connectivity index (χ2v) is 6.99. The van der Waals surface area contributed by atoms with Crippen molar-refractivity contribution in [1.82, 2.24) is 25.1 Å². The van der Waals surface area contributed by atoms with Crippen molar-refractivity contribution >= 4 is 28.1 Å². The number of pyridine rings is 1. The molecular weight excluding hydrogens is 348 g/mol. The molecule has 4 heterocycles. The van der Waals surface area contributed by atoms with Crippen LogP contribution in [0.3, 0.4) is 0 Å². The zero-order valence-electron chi connectivity index (χ0n) is 14.5. The average Bonchev–Trinajstić information content (AvgIpc) is 3.36. The monoisotopic (exact) mass is 368 g/mol. The molecule has 1 fully saturated rings. The van der Waals surface area contributed by atoms with Gasteiger partial charge in [-0.15, -0.1) is 10.2 Å². The molecule has 3 aromatic heterocycles. The molecule has 26 heavy (non-hydrogen) atoms. The molecule has 1 aliphatic heterocycles. The molecule has 3 aromatic rings. The van der Waals surface area contributed by atoms with Crippen LogP contribution in [0.15, 0.2) is 36.8 Å². The summed E-state index contributed by atoms with van der Waals surface area (Å²) in [7, 11) is 1.86. The van der Waals surface area contributed by atoms with Crippen molar-refractivity contribution in [3.8, 4) is 10.7 Å². The minimum Gasteiger partial charge on any atom is -0.373 e. The highest BCUT2D eigenvalue weighted by molar-refractivity contribution is 7.18. The summed E-state index contributed by atoms with van der Waals surface area (Å²) in [6.07, 6.45) is 5.65. The number of nitrogens with zero attached hydrogens (tertiary/aromatic N) is 6. The quantitative estimate of drug-likeness (QED) is 0.686. The van der Waals surface area contributed by atoms with E-state index in [1.165, 1.54) is 11.3 Å². The molecule has 0 radical (unpaired) electrons. The van der Waals surface area contributed by atoms with Crippen LogP contribution < -0.4 is 15.5 Å². The van der Waals surface area contributed by atoms with E-state index in [1.807, 2.05) is 31.3 Å². The highest BCUT2D eigenvalue weighted by Crippen LogP contribution is 2.27. The van der Waals surface area contributed by atoms with Gasteiger partial charge in [0.15, 0.2) is 5.01 Å². The molecule has 9 heteroatoms. The number of aromatic nitrogens is 5. The number of rotatable bonds is 6. The molecule has 0 amide bonds. The summed E-state index contributed by atoms with van der Waals surface area (Å²) < 4.78 is 0. The van der Waals surface area contributed by atoms with Crippen molar-refractivity contribution in [3.63, 3.8) is 0 Å². The number of hydrogen-bond acceptors (Lipinski definition) is 9. The Bertz CT molecular complexity index is 853. The highest BCUT2D eigenvalue weighted by atomic mass is 32.1. The van der Waals surface area contributed by atoms with Gasteiger partial charge in [0, 0.05) is 38.4 Å². The Morgan fingerprint density at radius 2 is 2.19 bits per heavy atom. The van der Waals surface area contributed by atoms with Crippen LogP contribution in [0.2, 0.25) is 0 Å². The lowest BCUT2D eigenvalue weighted by atomic mass is 10.2. The molecule has 1 atom stereocenters. The zero-order chi connectivity index (χ0) is 17.8. The van der Waals surface area contributed by atoms with Crippen LogP contribution in [0, 0.1) is 0 Å². The fourth-order valence-electron chi connectivity index (χ4n) is 3.08. The largest absolute Gasteiger partial charge is 0.373 e. The van der Waals surface area contributed by atoms with Crippen LogP contribution in [0.4, 0.5) is 16.8 Å². The zero-order valence-corrected chi connectivity index (χ0v) is 15.3. The SMILES string of the molecule is CNc1cc(N2CCCC2CNc2nnc(-c3ccccn3)s2)ncn1. The van der Waals surface area contributed by atoms with E-state index in [9.17, 15) is 0 Å². The molecule has 0 bridgehead atoms. The van der Waals surface area contributed by atoms with Crippen molar-refractivity contribution in [2.75, 3.05) is 35.7 Å². The van der Waals surface area contributed by atoms with E-state index in [2.05, 4.69) is 40.7 Å². The third-order valence-electron chi connectivity index (χ3n) is 4.38. The van der Waals surface area contributed by atoms with Gasteiger partial charge in [0.2, 0.25) is 5.13 Å². The van der Waals surface area contributed by atoms with Gasteiger partial charge < -0.3 is 15.5 Å². The van der Waals surface area contributed by atoms with E-state index in [0.29, 0.717) is 6.04 Å². The van der Waals surface area contributed by atoms with Gasteiger partial charge in [-0.05, 0) is 25.0 Å². The predicted octanol–water partition coefficient (Wildman–Crippen LogP) is 2.51. The van der Waals surface area contributed by atoms with Crippen molar-refractivity contribution in [3.05, 3.63) is 36.8 Å². The van der Waals surface area contributed by atoms with Gasteiger partial charge in [-0.25, -0.2) is 9.97 Å². The summed E-state index contributed by atoms with van der Waals surface area (Å²) >= 11 is 1.52. The maximum atomic E-state index is 4.43. The van der Waals surface area contributed by atoms with Gasteiger partial charge in [-0.2, -0.15) is 0 Å². The Morgan fingerprint density at radius 1 is 1.23 bits per heavy atom. The average molecular weight is 368 g/mol. The van der Waals surface area contributed by atoms with E-state index in [1.54, 1.807) is 12.5 Å². The molecule has 134 valence electrons. The van der Waals surface area contributed by atoms with Crippen LogP contribution in [0.5, 0.6) is 0 Å². The molecule has 0 aliphatic carbocycles. The van der Waals surface area contributed by atoms with Crippen LogP contribution in [0.25, 0.3) is 10.7 Å². The first kappa shape index (κ1) is 16.6. The van der Waals surface area contributed by atoms with Gasteiger partial charge >= 0.3 is 0 Å². The van der Waals surface area contributed by atoms with E-state index in [0.717, 1.165) is 53.4 Å². The van der Waals surface area contributed by atoms with Gasteiger partial charge in [0.1, 0.15) is 23.7 Å². The van der Waals surface area contributed by atoms with Gasteiger partial charge in [-0.3, -0.25) is 4.98 Å². The second kappa shape index (κ2) is 7.61. The van der Waals surface area contributed by atoms with E-state index in [-0.39, 0.29) is 0 Å². The lowest BCUT2D eigenvalue weighted by Gasteiger charge is -2.25. The Labute approximate surface area is 155 Å². The topological polar surface area (TPSA) is 91.8 Å². The van der Waals surface area contributed by atoms with Crippen molar-refractivity contribution < 1.29 is 0 Å². The fraction of sp³-hybridized carbons (Fsp3) is 0.353. The van der Waals surface area contributed by atoms with Crippen LogP contribution in [0.1, 0.15) is 12.8 Å². The molecule has 8 nitrogen and oxygen atoms in total. The summed E-state index contributed by atoms with van der Waals surface area (Å²) in [5, 5.41) is 16.6. The molecular formula is C17H20N8S. The first-order valence-electron chi connectivity index (χ1n) is 8.58. The molecule has 1 aliphatic rings. The smallest absolute Gasteiger partial charge is 0.206 e. The summed E-state index contributed by atoms with van der Waals surface area (Å²) in [6, 6.07) is 8.15. The van der Waals surface area contributed by atoms with Crippen LogP contribution in [-0.4, -0.2) is 51.3 Å². The van der Waals surface area contributed by atoms with E-state index < -0.39 is 0 Å². The lowest BCUT2D eigenvalue weighted by Crippen LogP contribution is -2.35. The Kier molecular flexibility index (Phi) is 4.87. The lowest BCUT2D eigenvalue weighted by molar-refractivity contribution is 0.689. The number of nitrogens with one attached hydrogen (secondary N) is 2. The normalized spacial score (nSPS) is 16.7. The van der Waals surface area contributed by atoms with Gasteiger partial charge in [0.05, 0.1) is 0 Å². The molecule has 0 aromatic carbocycles. The molecule has 0 saturated carbocycles. The predicted molar refractivity (Wildman–Crippen MR) is 104 cm³/mol. The highest BCUT2D eigenvalue weighted by Gasteiger charge is 2.26. The number of anilines is 3. The van der Waals surface area contributed by atoms with Crippen LogP contribution >= 0.6 is 11.3 Å². The molecule has 2 N–H and O–H groups in total. The molecule has 1 unspecified atom stereocenters. The molecule has 4 rings (SSSR count). The summed E-state index contributed by atoms with van der Waals surface area (Å²) in [4.78, 5) is 15.3. The number of hydrogen-bond donors (Lipinski definition) is 2. The van der Waals surface area contributed by atoms with Crippen molar-refractivity contribution in [1.29, 1.82) is 0 Å². The Hall–Kier alpha value is -2.81. The summed E-state index contributed by atoms with van der Waals surface area (Å²) in [5.41, 5.74) is 0.848. The van der Waals surface area contributed by atoms with E-state index in [4.69, 9.17) is 0 Å². The third kappa shape index (κ3) is 3.57. The maximum absolute atomic E-state index is 4.43. The summed E-state index contributed by atoms with van der Waals surface area (Å²) in [6.45, 7) is 1.80.